The van der Waals surface area contributed by atoms with E-state index in [4.69, 9.17) is 5.73 Å². The van der Waals surface area contributed by atoms with E-state index in [9.17, 15) is 19.8 Å². The first kappa shape index (κ1) is 19.6. The van der Waals surface area contributed by atoms with Gasteiger partial charge < -0.3 is 21.3 Å². The van der Waals surface area contributed by atoms with Crippen LogP contribution in [0.2, 0.25) is 0 Å². The number of hydrogen-bond acceptors (Lipinski definition) is 6. The number of carbonyl (C=O) groups is 2. The van der Waals surface area contributed by atoms with Crippen LogP contribution in [0.4, 0.5) is 10.6 Å². The first-order valence-electron chi connectivity index (χ1n) is 9.58. The number of likely N-dealkylation sites (tertiary alicyclic amines) is 1. The van der Waals surface area contributed by atoms with Gasteiger partial charge in [0, 0.05) is 12.2 Å². The van der Waals surface area contributed by atoms with Crippen LogP contribution in [0.1, 0.15) is 44.6 Å². The molecule has 27 heavy (non-hydrogen) atoms. The highest BCUT2D eigenvalue weighted by molar-refractivity contribution is 6.01. The zero-order valence-electron chi connectivity index (χ0n) is 15.5. The Morgan fingerprint density at radius 1 is 1.37 bits per heavy atom. The van der Waals surface area contributed by atoms with Crippen molar-refractivity contribution in [3.63, 3.8) is 0 Å². The maximum atomic E-state index is 12.6. The van der Waals surface area contributed by atoms with Gasteiger partial charge in [0.25, 0.3) is 0 Å². The Balaban J connectivity index is 1.64. The van der Waals surface area contributed by atoms with Crippen molar-refractivity contribution >= 4 is 17.8 Å². The van der Waals surface area contributed by atoms with Gasteiger partial charge in [-0.15, -0.1) is 0 Å². The van der Waals surface area contributed by atoms with E-state index in [0.717, 1.165) is 36.1 Å². The van der Waals surface area contributed by atoms with Crippen LogP contribution in [0.5, 0.6) is 0 Å². The molecule has 2 fully saturated rings. The van der Waals surface area contributed by atoms with Crippen LogP contribution in [0, 0.1) is 11.8 Å². The normalized spacial score (nSPS) is 24.6. The number of aromatic nitrogens is 1. The van der Waals surface area contributed by atoms with E-state index in [0.29, 0.717) is 11.7 Å². The molecule has 2 heterocycles. The van der Waals surface area contributed by atoms with Crippen molar-refractivity contribution < 1.29 is 19.8 Å². The third-order valence-corrected chi connectivity index (χ3v) is 5.80. The van der Waals surface area contributed by atoms with E-state index in [2.05, 4.69) is 10.3 Å². The first-order chi connectivity index (χ1) is 12.9. The summed E-state index contributed by atoms with van der Waals surface area (Å²) >= 11 is 0. The number of nitrogens with one attached hydrogen (secondary N) is 1. The SMILES string of the molecule is CC(NC(=O)N1C(=O)[C@H](Cc2ccnc(N)c2)[C@H]1C(O)O)C1CCCCC1. The highest BCUT2D eigenvalue weighted by Gasteiger charge is 2.53. The number of carbonyl (C=O) groups excluding carboxylic acids is 2. The number of hydrogen-bond donors (Lipinski definition) is 4. The minimum atomic E-state index is -1.79. The number of anilines is 1. The maximum Gasteiger partial charge on any atom is 0.324 e. The van der Waals surface area contributed by atoms with Gasteiger partial charge in [-0.3, -0.25) is 9.69 Å². The summed E-state index contributed by atoms with van der Waals surface area (Å²) in [7, 11) is 0. The number of imide groups is 1. The monoisotopic (exact) mass is 376 g/mol. The lowest BCUT2D eigenvalue weighted by Gasteiger charge is -2.46. The molecule has 3 atom stereocenters. The molecular weight excluding hydrogens is 348 g/mol. The van der Waals surface area contributed by atoms with E-state index < -0.39 is 30.2 Å². The Morgan fingerprint density at radius 3 is 2.70 bits per heavy atom. The summed E-state index contributed by atoms with van der Waals surface area (Å²) in [6.07, 6.45) is 5.68. The van der Waals surface area contributed by atoms with Crippen molar-refractivity contribution in [3.05, 3.63) is 23.9 Å². The Bertz CT molecular complexity index is 690. The van der Waals surface area contributed by atoms with Gasteiger partial charge in [-0.05, 0) is 49.8 Å². The average Bonchev–Trinajstić information content (AvgIpc) is 2.64. The summed E-state index contributed by atoms with van der Waals surface area (Å²) in [5, 5.41) is 22.4. The maximum absolute atomic E-state index is 12.6. The summed E-state index contributed by atoms with van der Waals surface area (Å²) in [5.41, 5.74) is 6.42. The number of aliphatic hydroxyl groups excluding tert-OH is 1. The number of pyridine rings is 1. The molecule has 5 N–H and O–H groups in total. The topological polar surface area (TPSA) is 129 Å². The number of nitrogens with two attached hydrogens (primary N) is 1. The first-order valence-corrected chi connectivity index (χ1v) is 9.58. The second-order valence-corrected chi connectivity index (χ2v) is 7.65. The van der Waals surface area contributed by atoms with Crippen LogP contribution in [0.3, 0.4) is 0 Å². The summed E-state index contributed by atoms with van der Waals surface area (Å²) in [6.45, 7) is 1.94. The minimum Gasteiger partial charge on any atom is -0.384 e. The predicted octanol–water partition coefficient (Wildman–Crippen LogP) is 1.02. The van der Waals surface area contributed by atoms with Crippen molar-refractivity contribution in [2.75, 3.05) is 5.73 Å². The van der Waals surface area contributed by atoms with E-state index in [1.54, 1.807) is 12.1 Å². The molecule has 1 aromatic heterocycles. The molecule has 3 amide bonds. The largest absolute Gasteiger partial charge is 0.384 e. The predicted molar refractivity (Wildman–Crippen MR) is 99.3 cm³/mol. The highest BCUT2D eigenvalue weighted by Crippen LogP contribution is 2.33. The fourth-order valence-electron chi connectivity index (χ4n) is 4.25. The van der Waals surface area contributed by atoms with Gasteiger partial charge in [-0.1, -0.05) is 19.3 Å². The quantitative estimate of drug-likeness (QED) is 0.449. The summed E-state index contributed by atoms with van der Waals surface area (Å²) in [4.78, 5) is 30.0. The summed E-state index contributed by atoms with van der Waals surface area (Å²) in [6, 6.07) is 1.79. The molecule has 1 aromatic rings. The molecular formula is C19H28N4O4. The third-order valence-electron chi connectivity index (χ3n) is 5.80. The Morgan fingerprint density at radius 2 is 2.07 bits per heavy atom. The number of nitrogen functional groups attached to an aromatic ring is 1. The number of aliphatic hydroxyl groups is 2. The van der Waals surface area contributed by atoms with E-state index in [-0.39, 0.29) is 12.5 Å². The van der Waals surface area contributed by atoms with Crippen LogP contribution in [-0.4, -0.2) is 50.4 Å². The molecule has 1 aliphatic heterocycles. The van der Waals surface area contributed by atoms with Crippen LogP contribution < -0.4 is 11.1 Å². The fourth-order valence-corrected chi connectivity index (χ4v) is 4.25. The molecule has 1 aliphatic carbocycles. The van der Waals surface area contributed by atoms with Crippen molar-refractivity contribution in [1.82, 2.24) is 15.2 Å². The molecule has 0 radical (unpaired) electrons. The Kier molecular flexibility index (Phi) is 5.96. The molecule has 2 aliphatic rings. The van der Waals surface area contributed by atoms with Crippen molar-refractivity contribution in [2.24, 2.45) is 11.8 Å². The second-order valence-electron chi connectivity index (χ2n) is 7.65. The van der Waals surface area contributed by atoms with Gasteiger partial charge in [0.2, 0.25) is 5.91 Å². The van der Waals surface area contributed by atoms with E-state index >= 15 is 0 Å². The molecule has 148 valence electrons. The molecule has 0 spiro atoms. The molecule has 1 saturated carbocycles. The zero-order valence-corrected chi connectivity index (χ0v) is 15.5. The van der Waals surface area contributed by atoms with E-state index in [1.807, 2.05) is 6.92 Å². The van der Waals surface area contributed by atoms with Gasteiger partial charge in [0.05, 0.1) is 5.92 Å². The second kappa shape index (κ2) is 8.22. The number of rotatable bonds is 5. The smallest absolute Gasteiger partial charge is 0.324 e. The number of β-lactam (4-membered cyclic amide) rings is 1. The Hall–Kier alpha value is -2.19. The van der Waals surface area contributed by atoms with Crippen molar-refractivity contribution in [3.8, 4) is 0 Å². The fraction of sp³-hybridized carbons (Fsp3) is 0.632. The number of urea groups is 1. The summed E-state index contributed by atoms with van der Waals surface area (Å²) in [5.74, 6) is -0.359. The number of nitrogens with zero attached hydrogens (tertiary/aromatic N) is 2. The zero-order chi connectivity index (χ0) is 19.6. The molecule has 0 bridgehead atoms. The minimum absolute atomic E-state index is 0.0545. The average molecular weight is 376 g/mol. The van der Waals surface area contributed by atoms with Crippen LogP contribution in [0.25, 0.3) is 0 Å². The molecule has 3 rings (SSSR count). The molecule has 1 saturated heterocycles. The molecule has 8 heteroatoms. The lowest BCUT2D eigenvalue weighted by atomic mass is 9.82. The van der Waals surface area contributed by atoms with Gasteiger partial charge in [-0.2, -0.15) is 0 Å². The Labute approximate surface area is 158 Å². The molecule has 0 aromatic carbocycles. The lowest BCUT2D eigenvalue weighted by Crippen LogP contribution is -2.70. The van der Waals surface area contributed by atoms with Crippen molar-refractivity contribution in [1.29, 1.82) is 0 Å². The van der Waals surface area contributed by atoms with Crippen LogP contribution in [-0.2, 0) is 11.2 Å². The lowest BCUT2D eigenvalue weighted by molar-refractivity contribution is -0.178. The highest BCUT2D eigenvalue weighted by atomic mass is 16.5. The van der Waals surface area contributed by atoms with Gasteiger partial charge in [-0.25, -0.2) is 9.78 Å². The van der Waals surface area contributed by atoms with E-state index in [1.165, 1.54) is 12.6 Å². The van der Waals surface area contributed by atoms with Gasteiger partial charge in [0.1, 0.15) is 11.9 Å². The van der Waals surface area contributed by atoms with Crippen LogP contribution >= 0.6 is 0 Å². The molecule has 1 unspecified atom stereocenters. The third kappa shape index (κ3) is 4.22. The molecule has 8 nitrogen and oxygen atoms in total. The van der Waals surface area contributed by atoms with Crippen molar-refractivity contribution in [2.45, 2.75) is 63.8 Å². The standard InChI is InChI=1S/C19H28N4O4/c1-11(13-5-3-2-4-6-13)22-19(27)23-16(18(25)26)14(17(23)24)9-12-7-8-21-15(20)10-12/h7-8,10-11,13-14,16,18,25-26H,2-6,9H2,1H3,(H2,20,21)(H,22,27)/t11?,14-,16+/m1/s1. The van der Waals surface area contributed by atoms with Crippen LogP contribution in [0.15, 0.2) is 18.3 Å². The van der Waals surface area contributed by atoms with Gasteiger partial charge in [0.15, 0.2) is 6.29 Å². The summed E-state index contributed by atoms with van der Waals surface area (Å²) < 4.78 is 0. The van der Waals surface area contributed by atoms with Gasteiger partial charge >= 0.3 is 6.03 Å². The number of amides is 3.